The van der Waals surface area contributed by atoms with Gasteiger partial charge in [0.05, 0.1) is 15.9 Å². The molecule has 0 spiro atoms. The first kappa shape index (κ1) is 27.1. The summed E-state index contributed by atoms with van der Waals surface area (Å²) in [5.74, 6) is 0.690. The Morgan fingerprint density at radius 3 is 2.06 bits per heavy atom. The summed E-state index contributed by atoms with van der Waals surface area (Å²) in [5, 5.41) is 5.73. The Kier molecular flexibility index (Phi) is 6.05. The molecule has 0 unspecified atom stereocenters. The minimum Gasteiger partial charge on any atom is -0.456 e. The van der Waals surface area contributed by atoms with Crippen LogP contribution < -0.4 is 0 Å². The van der Waals surface area contributed by atoms with Gasteiger partial charge in [-0.1, -0.05) is 115 Å². The van der Waals surface area contributed by atoms with Gasteiger partial charge in [-0.25, -0.2) is 9.97 Å². The highest BCUT2D eigenvalue weighted by Gasteiger charge is 2.18. The lowest BCUT2D eigenvalue weighted by Gasteiger charge is -2.08. The third-order valence-corrected chi connectivity index (χ3v) is 10.4. The first-order chi connectivity index (χ1) is 23.7. The zero-order chi connectivity index (χ0) is 31.6. The molecular formula is C44H26N2OS. The van der Waals surface area contributed by atoms with E-state index >= 15 is 0 Å². The van der Waals surface area contributed by atoms with Crippen molar-refractivity contribution in [1.29, 1.82) is 0 Å². The second-order valence-corrected chi connectivity index (χ2v) is 13.3. The number of fused-ring (bicyclic) bond motifs is 7. The molecule has 0 aliphatic carbocycles. The Morgan fingerprint density at radius 2 is 1.15 bits per heavy atom. The third-order valence-electron chi connectivity index (χ3n) is 9.28. The number of furan rings is 1. The average molecular weight is 631 g/mol. The molecule has 224 valence electrons. The van der Waals surface area contributed by atoms with Crippen molar-refractivity contribution >= 4 is 64.4 Å². The van der Waals surface area contributed by atoms with Crippen LogP contribution in [0.2, 0.25) is 0 Å². The number of thiophene rings is 1. The van der Waals surface area contributed by atoms with Crippen LogP contribution >= 0.6 is 11.3 Å². The van der Waals surface area contributed by atoms with E-state index in [1.54, 1.807) is 11.3 Å². The van der Waals surface area contributed by atoms with Crippen molar-refractivity contribution in [2.24, 2.45) is 0 Å². The van der Waals surface area contributed by atoms with Crippen molar-refractivity contribution in [3.05, 3.63) is 158 Å². The minimum atomic E-state index is 0.690. The second kappa shape index (κ2) is 10.7. The van der Waals surface area contributed by atoms with Crippen LogP contribution in [0.1, 0.15) is 0 Å². The molecule has 48 heavy (non-hydrogen) atoms. The van der Waals surface area contributed by atoms with Crippen LogP contribution in [0.25, 0.3) is 97.9 Å². The van der Waals surface area contributed by atoms with Crippen molar-refractivity contribution in [2.75, 3.05) is 0 Å². The first-order valence-electron chi connectivity index (χ1n) is 16.1. The molecule has 7 aromatic carbocycles. The van der Waals surface area contributed by atoms with Crippen LogP contribution in [-0.2, 0) is 0 Å². The van der Waals surface area contributed by atoms with E-state index in [4.69, 9.17) is 14.4 Å². The number of benzene rings is 7. The van der Waals surface area contributed by atoms with Crippen LogP contribution in [0.3, 0.4) is 0 Å². The van der Waals surface area contributed by atoms with E-state index in [9.17, 15) is 0 Å². The van der Waals surface area contributed by atoms with Crippen LogP contribution in [0, 0.1) is 0 Å². The highest BCUT2D eigenvalue weighted by molar-refractivity contribution is 7.26. The molecule has 3 nitrogen and oxygen atoms in total. The van der Waals surface area contributed by atoms with E-state index < -0.39 is 0 Å². The maximum Gasteiger partial charge on any atom is 0.160 e. The number of hydrogen-bond donors (Lipinski definition) is 0. The van der Waals surface area contributed by atoms with Crippen molar-refractivity contribution in [1.82, 2.24) is 9.97 Å². The predicted molar refractivity (Wildman–Crippen MR) is 201 cm³/mol. The summed E-state index contributed by atoms with van der Waals surface area (Å²) in [4.78, 5) is 10.4. The monoisotopic (exact) mass is 630 g/mol. The fourth-order valence-corrected chi connectivity index (χ4v) is 8.01. The quantitative estimate of drug-likeness (QED) is 0.194. The lowest BCUT2D eigenvalue weighted by Crippen LogP contribution is -1.93. The van der Waals surface area contributed by atoms with Gasteiger partial charge in [-0.05, 0) is 75.5 Å². The maximum absolute atomic E-state index is 6.45. The molecule has 3 aromatic heterocycles. The molecule has 0 fully saturated rings. The smallest absolute Gasteiger partial charge is 0.160 e. The molecule has 0 atom stereocenters. The summed E-state index contributed by atoms with van der Waals surface area (Å²) in [6.45, 7) is 0. The fraction of sp³-hybridized carbons (Fsp3) is 0. The summed E-state index contributed by atoms with van der Waals surface area (Å²) < 4.78 is 8.76. The standard InChI is InChI=1S/C44H26N2OS/c1-2-9-27(10-3-1)30-13-8-14-31(23-30)32-20-22-38-37(25-32)35-21-19-34(26-39(35)47-38)44-45-41(33-18-17-28-11-4-5-12-29(28)24-33)43-42(46-44)36-15-6-7-16-40(36)48-43/h1-26H. The van der Waals surface area contributed by atoms with E-state index in [0.29, 0.717) is 5.82 Å². The molecule has 4 heteroatoms. The average Bonchev–Trinajstić information content (AvgIpc) is 3.72. The summed E-state index contributed by atoms with van der Waals surface area (Å²) in [5.41, 5.74) is 10.4. The maximum atomic E-state index is 6.45. The topological polar surface area (TPSA) is 38.9 Å². The summed E-state index contributed by atoms with van der Waals surface area (Å²) in [6.07, 6.45) is 0. The van der Waals surface area contributed by atoms with E-state index in [1.807, 2.05) is 0 Å². The normalized spacial score (nSPS) is 11.8. The van der Waals surface area contributed by atoms with Gasteiger partial charge in [-0.2, -0.15) is 0 Å². The number of rotatable bonds is 4. The fourth-order valence-electron chi connectivity index (χ4n) is 6.86. The molecule has 10 rings (SSSR count). The predicted octanol–water partition coefficient (Wildman–Crippen LogP) is 12.6. The Labute approximate surface area is 280 Å². The molecule has 0 aliphatic heterocycles. The highest BCUT2D eigenvalue weighted by atomic mass is 32.1. The molecule has 0 saturated carbocycles. The first-order valence-corrected chi connectivity index (χ1v) is 16.9. The Morgan fingerprint density at radius 1 is 0.417 bits per heavy atom. The minimum absolute atomic E-state index is 0.690. The molecule has 0 bridgehead atoms. The van der Waals surface area contributed by atoms with Crippen LogP contribution in [0.4, 0.5) is 0 Å². The Hall–Kier alpha value is -6.10. The van der Waals surface area contributed by atoms with E-state index in [1.165, 1.54) is 32.2 Å². The lowest BCUT2D eigenvalue weighted by molar-refractivity contribution is 0.669. The number of hydrogen-bond acceptors (Lipinski definition) is 4. The Balaban J connectivity index is 1.11. The van der Waals surface area contributed by atoms with Crippen LogP contribution in [0.15, 0.2) is 162 Å². The molecule has 0 radical (unpaired) electrons. The van der Waals surface area contributed by atoms with E-state index in [2.05, 4.69) is 158 Å². The van der Waals surface area contributed by atoms with Gasteiger partial charge in [0, 0.05) is 32.0 Å². The van der Waals surface area contributed by atoms with Gasteiger partial charge < -0.3 is 4.42 Å². The number of nitrogens with zero attached hydrogens (tertiary/aromatic N) is 2. The number of aromatic nitrogens is 2. The Bertz CT molecular complexity index is 2850. The van der Waals surface area contributed by atoms with Gasteiger partial charge in [0.1, 0.15) is 11.2 Å². The van der Waals surface area contributed by atoms with Gasteiger partial charge in [0.2, 0.25) is 0 Å². The SMILES string of the molecule is c1ccc(-c2cccc(-c3ccc4oc5cc(-c6nc(-c7ccc8ccccc8c7)c7sc8ccccc8c7n6)ccc5c4c3)c2)cc1. The van der Waals surface area contributed by atoms with Gasteiger partial charge in [0.15, 0.2) is 5.82 Å². The largest absolute Gasteiger partial charge is 0.456 e. The van der Waals surface area contributed by atoms with Gasteiger partial charge in [-0.15, -0.1) is 11.3 Å². The van der Waals surface area contributed by atoms with Crippen molar-refractivity contribution in [3.63, 3.8) is 0 Å². The molecular weight excluding hydrogens is 605 g/mol. The van der Waals surface area contributed by atoms with Gasteiger partial charge >= 0.3 is 0 Å². The van der Waals surface area contributed by atoms with Crippen LogP contribution in [0.5, 0.6) is 0 Å². The highest BCUT2D eigenvalue weighted by Crippen LogP contribution is 2.41. The zero-order valence-corrected chi connectivity index (χ0v) is 26.5. The van der Waals surface area contributed by atoms with E-state index in [0.717, 1.165) is 59.9 Å². The summed E-state index contributed by atoms with van der Waals surface area (Å²) in [6, 6.07) is 55.6. The van der Waals surface area contributed by atoms with Gasteiger partial charge in [-0.3, -0.25) is 0 Å². The van der Waals surface area contributed by atoms with Crippen LogP contribution in [-0.4, -0.2) is 9.97 Å². The van der Waals surface area contributed by atoms with Crippen molar-refractivity contribution in [3.8, 4) is 44.9 Å². The summed E-state index contributed by atoms with van der Waals surface area (Å²) >= 11 is 1.75. The molecule has 10 aromatic rings. The molecule has 0 amide bonds. The van der Waals surface area contributed by atoms with Crippen molar-refractivity contribution in [2.45, 2.75) is 0 Å². The van der Waals surface area contributed by atoms with Crippen molar-refractivity contribution < 1.29 is 4.42 Å². The lowest BCUT2D eigenvalue weighted by atomic mass is 9.98. The molecule has 0 aliphatic rings. The van der Waals surface area contributed by atoms with E-state index in [-0.39, 0.29) is 0 Å². The van der Waals surface area contributed by atoms with Gasteiger partial charge in [0.25, 0.3) is 0 Å². The summed E-state index contributed by atoms with van der Waals surface area (Å²) in [7, 11) is 0. The zero-order valence-electron chi connectivity index (χ0n) is 25.7. The third kappa shape index (κ3) is 4.42. The molecule has 3 heterocycles. The molecule has 0 saturated heterocycles. The second-order valence-electron chi connectivity index (χ2n) is 12.2. The molecule has 0 N–H and O–H groups in total.